The molecule has 0 unspecified atom stereocenters. The SMILES string of the molecule is O=C(c1ccc(-c2ccccc2)cc1)N1CCC(O)CC1. The summed E-state index contributed by atoms with van der Waals surface area (Å²) >= 11 is 0. The van der Waals surface area contributed by atoms with Gasteiger partial charge in [0.2, 0.25) is 0 Å². The third-order valence-electron chi connectivity index (χ3n) is 3.99. The van der Waals surface area contributed by atoms with Crippen LogP contribution in [0.3, 0.4) is 0 Å². The molecule has 3 heteroatoms. The highest BCUT2D eigenvalue weighted by atomic mass is 16.3. The first kappa shape index (κ1) is 13.8. The summed E-state index contributed by atoms with van der Waals surface area (Å²) in [6.45, 7) is 1.28. The topological polar surface area (TPSA) is 40.5 Å². The Kier molecular flexibility index (Phi) is 4.02. The van der Waals surface area contributed by atoms with Gasteiger partial charge in [0.05, 0.1) is 6.10 Å². The van der Waals surface area contributed by atoms with Gasteiger partial charge in [-0.15, -0.1) is 0 Å². The molecule has 3 rings (SSSR count). The second-order valence-electron chi connectivity index (χ2n) is 5.47. The van der Waals surface area contributed by atoms with E-state index in [4.69, 9.17) is 0 Å². The van der Waals surface area contributed by atoms with Gasteiger partial charge in [-0.05, 0) is 36.1 Å². The Morgan fingerprint density at radius 1 is 0.905 bits per heavy atom. The number of hydrogen-bond donors (Lipinski definition) is 1. The van der Waals surface area contributed by atoms with Crippen molar-refractivity contribution < 1.29 is 9.90 Å². The van der Waals surface area contributed by atoms with E-state index >= 15 is 0 Å². The average molecular weight is 281 g/mol. The van der Waals surface area contributed by atoms with Gasteiger partial charge in [0, 0.05) is 18.7 Å². The summed E-state index contributed by atoms with van der Waals surface area (Å²) in [6, 6.07) is 17.9. The highest BCUT2D eigenvalue weighted by Gasteiger charge is 2.22. The molecule has 21 heavy (non-hydrogen) atoms. The second-order valence-corrected chi connectivity index (χ2v) is 5.47. The first-order chi connectivity index (χ1) is 10.2. The van der Waals surface area contributed by atoms with Crippen molar-refractivity contribution in [3.63, 3.8) is 0 Å². The minimum absolute atomic E-state index is 0.0570. The van der Waals surface area contributed by atoms with Gasteiger partial charge in [0.25, 0.3) is 5.91 Å². The maximum atomic E-state index is 12.4. The molecule has 0 saturated carbocycles. The average Bonchev–Trinajstić information content (AvgIpc) is 2.56. The largest absolute Gasteiger partial charge is 0.393 e. The number of nitrogens with zero attached hydrogens (tertiary/aromatic N) is 1. The minimum Gasteiger partial charge on any atom is -0.393 e. The van der Waals surface area contributed by atoms with Crippen molar-refractivity contribution >= 4 is 5.91 Å². The van der Waals surface area contributed by atoms with Gasteiger partial charge in [-0.1, -0.05) is 42.5 Å². The zero-order valence-corrected chi connectivity index (χ0v) is 11.9. The van der Waals surface area contributed by atoms with E-state index in [1.807, 2.05) is 47.4 Å². The van der Waals surface area contributed by atoms with Crippen LogP contribution in [0.15, 0.2) is 54.6 Å². The van der Waals surface area contributed by atoms with E-state index < -0.39 is 0 Å². The quantitative estimate of drug-likeness (QED) is 0.919. The third-order valence-corrected chi connectivity index (χ3v) is 3.99. The van der Waals surface area contributed by atoms with Crippen LogP contribution < -0.4 is 0 Å². The molecule has 2 aromatic rings. The van der Waals surface area contributed by atoms with Gasteiger partial charge in [-0.2, -0.15) is 0 Å². The van der Waals surface area contributed by atoms with E-state index in [-0.39, 0.29) is 12.0 Å². The summed E-state index contributed by atoms with van der Waals surface area (Å²) in [5.74, 6) is 0.0570. The molecule has 2 aromatic carbocycles. The fourth-order valence-electron chi connectivity index (χ4n) is 2.69. The molecule has 0 radical (unpaired) electrons. The highest BCUT2D eigenvalue weighted by molar-refractivity contribution is 5.94. The number of benzene rings is 2. The van der Waals surface area contributed by atoms with Crippen molar-refractivity contribution in [2.24, 2.45) is 0 Å². The summed E-state index contributed by atoms with van der Waals surface area (Å²) in [5, 5.41) is 9.50. The van der Waals surface area contributed by atoms with E-state index in [1.165, 1.54) is 0 Å². The number of aliphatic hydroxyl groups excluding tert-OH is 1. The van der Waals surface area contributed by atoms with Crippen LogP contribution in [0.25, 0.3) is 11.1 Å². The Labute approximate surface area is 124 Å². The lowest BCUT2D eigenvalue weighted by molar-refractivity contribution is 0.0546. The van der Waals surface area contributed by atoms with Crippen LogP contribution in [0, 0.1) is 0 Å². The number of hydrogen-bond acceptors (Lipinski definition) is 2. The van der Waals surface area contributed by atoms with E-state index in [2.05, 4.69) is 12.1 Å². The monoisotopic (exact) mass is 281 g/mol. The predicted octanol–water partition coefficient (Wildman–Crippen LogP) is 2.95. The van der Waals surface area contributed by atoms with Crippen LogP contribution in [-0.4, -0.2) is 35.1 Å². The zero-order valence-electron chi connectivity index (χ0n) is 11.9. The summed E-state index contributed by atoms with van der Waals surface area (Å²) in [7, 11) is 0. The highest BCUT2D eigenvalue weighted by Crippen LogP contribution is 2.20. The van der Waals surface area contributed by atoms with Crippen molar-refractivity contribution in [1.82, 2.24) is 4.90 Å². The van der Waals surface area contributed by atoms with Crippen molar-refractivity contribution in [3.8, 4) is 11.1 Å². The molecule has 1 heterocycles. The smallest absolute Gasteiger partial charge is 0.253 e. The van der Waals surface area contributed by atoms with Crippen molar-refractivity contribution in [2.75, 3.05) is 13.1 Å². The standard InChI is InChI=1S/C18H19NO2/c20-17-10-12-19(13-11-17)18(21)16-8-6-15(7-9-16)14-4-2-1-3-5-14/h1-9,17,20H,10-13H2. The van der Waals surface area contributed by atoms with Crippen molar-refractivity contribution in [3.05, 3.63) is 60.2 Å². The maximum absolute atomic E-state index is 12.4. The lowest BCUT2D eigenvalue weighted by Gasteiger charge is -2.29. The molecule has 0 spiro atoms. The van der Waals surface area contributed by atoms with Gasteiger partial charge in [-0.25, -0.2) is 0 Å². The van der Waals surface area contributed by atoms with Gasteiger partial charge in [0.15, 0.2) is 0 Å². The first-order valence-corrected chi connectivity index (χ1v) is 7.37. The molecule has 1 saturated heterocycles. The van der Waals surface area contributed by atoms with Gasteiger partial charge < -0.3 is 10.0 Å². The van der Waals surface area contributed by atoms with Crippen LogP contribution in [-0.2, 0) is 0 Å². The Hall–Kier alpha value is -2.13. The number of amides is 1. The molecular formula is C18H19NO2. The van der Waals surface area contributed by atoms with Crippen LogP contribution in [0.1, 0.15) is 23.2 Å². The number of likely N-dealkylation sites (tertiary alicyclic amines) is 1. The van der Waals surface area contributed by atoms with Gasteiger partial charge in [0.1, 0.15) is 0 Å². The van der Waals surface area contributed by atoms with Crippen molar-refractivity contribution in [1.29, 1.82) is 0 Å². The Morgan fingerprint density at radius 3 is 2.10 bits per heavy atom. The van der Waals surface area contributed by atoms with Crippen LogP contribution in [0.5, 0.6) is 0 Å². The number of aliphatic hydroxyl groups is 1. The molecule has 1 aliphatic rings. The molecule has 0 aromatic heterocycles. The van der Waals surface area contributed by atoms with Crippen LogP contribution >= 0.6 is 0 Å². The number of carbonyl (C=O) groups is 1. The normalized spacial score (nSPS) is 16.0. The summed E-state index contributed by atoms with van der Waals surface area (Å²) in [6.07, 6.45) is 1.09. The zero-order chi connectivity index (χ0) is 14.7. The summed E-state index contributed by atoms with van der Waals surface area (Å²) < 4.78 is 0. The molecular weight excluding hydrogens is 262 g/mol. The van der Waals surface area contributed by atoms with Crippen LogP contribution in [0.4, 0.5) is 0 Å². The van der Waals surface area contributed by atoms with E-state index in [0.717, 1.165) is 11.1 Å². The Morgan fingerprint density at radius 2 is 1.48 bits per heavy atom. The van der Waals surface area contributed by atoms with E-state index in [0.29, 0.717) is 31.5 Å². The molecule has 0 bridgehead atoms. The second kappa shape index (κ2) is 6.10. The molecule has 1 fully saturated rings. The van der Waals surface area contributed by atoms with Gasteiger partial charge in [-0.3, -0.25) is 4.79 Å². The fourth-order valence-corrected chi connectivity index (χ4v) is 2.69. The van der Waals surface area contributed by atoms with Crippen LogP contribution in [0.2, 0.25) is 0 Å². The van der Waals surface area contributed by atoms with Gasteiger partial charge >= 0.3 is 0 Å². The minimum atomic E-state index is -0.255. The molecule has 0 atom stereocenters. The van der Waals surface area contributed by atoms with Crippen molar-refractivity contribution in [2.45, 2.75) is 18.9 Å². The fraction of sp³-hybridized carbons (Fsp3) is 0.278. The lowest BCUT2D eigenvalue weighted by Crippen LogP contribution is -2.40. The molecule has 1 amide bonds. The molecule has 3 nitrogen and oxygen atoms in total. The predicted molar refractivity (Wildman–Crippen MR) is 83.0 cm³/mol. The summed E-state index contributed by atoms with van der Waals surface area (Å²) in [4.78, 5) is 14.2. The third kappa shape index (κ3) is 3.14. The molecule has 108 valence electrons. The lowest BCUT2D eigenvalue weighted by atomic mass is 10.0. The number of piperidine rings is 1. The number of rotatable bonds is 2. The maximum Gasteiger partial charge on any atom is 0.253 e. The van der Waals surface area contributed by atoms with E-state index in [9.17, 15) is 9.90 Å². The molecule has 1 N–H and O–H groups in total. The Balaban J connectivity index is 1.73. The van der Waals surface area contributed by atoms with E-state index in [1.54, 1.807) is 0 Å². The molecule has 0 aliphatic carbocycles. The molecule has 1 aliphatic heterocycles. The first-order valence-electron chi connectivity index (χ1n) is 7.37. The number of carbonyl (C=O) groups excluding carboxylic acids is 1. The summed E-state index contributed by atoms with van der Waals surface area (Å²) in [5.41, 5.74) is 2.98. The Bertz CT molecular complexity index is 599.